The number of methoxy groups -OCH3 is 1. The fourth-order valence-corrected chi connectivity index (χ4v) is 3.11. The van der Waals surface area contributed by atoms with Gasteiger partial charge in [0.15, 0.2) is 0 Å². The monoisotopic (exact) mass is 360 g/mol. The van der Waals surface area contributed by atoms with Crippen LogP contribution in [0.1, 0.15) is 66.2 Å². The molecule has 25 heavy (non-hydrogen) atoms. The van der Waals surface area contributed by atoms with Gasteiger partial charge in [0.25, 0.3) is 0 Å². The summed E-state index contributed by atoms with van der Waals surface area (Å²) in [6.45, 7) is 11.3. The molecule has 0 bridgehead atoms. The molecule has 0 saturated carbocycles. The molecule has 5 atom stereocenters. The predicted octanol–water partition coefficient (Wildman–Crippen LogP) is 3.98. The Labute approximate surface area is 154 Å². The van der Waals surface area contributed by atoms with Crippen molar-refractivity contribution in [1.29, 1.82) is 0 Å². The molecule has 1 saturated heterocycles. The lowest BCUT2D eigenvalue weighted by atomic mass is 9.95. The van der Waals surface area contributed by atoms with Crippen molar-refractivity contribution >= 4 is 0 Å². The van der Waals surface area contributed by atoms with Gasteiger partial charge in [-0.05, 0) is 26.2 Å². The molecule has 0 N–H and O–H groups in total. The summed E-state index contributed by atoms with van der Waals surface area (Å²) >= 11 is 0. The average molecular weight is 361 g/mol. The molecule has 1 heterocycles. The molecule has 1 fully saturated rings. The zero-order valence-corrected chi connectivity index (χ0v) is 17.0. The van der Waals surface area contributed by atoms with Crippen molar-refractivity contribution in [2.45, 2.75) is 96.7 Å². The van der Waals surface area contributed by atoms with E-state index in [1.807, 2.05) is 0 Å². The molecular weight excluding hydrogens is 320 g/mol. The van der Waals surface area contributed by atoms with E-state index in [0.29, 0.717) is 13.2 Å². The van der Waals surface area contributed by atoms with Gasteiger partial charge in [0, 0.05) is 26.9 Å². The van der Waals surface area contributed by atoms with Crippen LogP contribution in [-0.2, 0) is 23.7 Å². The van der Waals surface area contributed by atoms with Gasteiger partial charge < -0.3 is 23.7 Å². The summed E-state index contributed by atoms with van der Waals surface area (Å²) in [6, 6.07) is 0. The summed E-state index contributed by atoms with van der Waals surface area (Å²) in [5.74, 6) is 0. The van der Waals surface area contributed by atoms with E-state index in [0.717, 1.165) is 51.7 Å². The van der Waals surface area contributed by atoms with Gasteiger partial charge in [-0.25, -0.2) is 0 Å². The second kappa shape index (κ2) is 13.9. The smallest absolute Gasteiger partial charge is 0.115 e. The Balaban J connectivity index is 2.84. The van der Waals surface area contributed by atoms with E-state index in [-0.39, 0.29) is 30.5 Å². The summed E-state index contributed by atoms with van der Waals surface area (Å²) in [5.41, 5.74) is 0. The topological polar surface area (TPSA) is 46.2 Å². The molecule has 5 unspecified atom stereocenters. The Morgan fingerprint density at radius 1 is 0.720 bits per heavy atom. The highest BCUT2D eigenvalue weighted by Crippen LogP contribution is 2.29. The van der Waals surface area contributed by atoms with Crippen LogP contribution in [0.2, 0.25) is 0 Å². The van der Waals surface area contributed by atoms with Gasteiger partial charge in [0.05, 0.1) is 12.7 Å². The van der Waals surface area contributed by atoms with Crippen LogP contribution in [0.5, 0.6) is 0 Å². The largest absolute Gasteiger partial charge is 0.382 e. The molecular formula is C20H40O5. The summed E-state index contributed by atoms with van der Waals surface area (Å²) in [5, 5.41) is 0. The summed E-state index contributed by atoms with van der Waals surface area (Å²) in [7, 11) is 1.70. The van der Waals surface area contributed by atoms with Crippen molar-refractivity contribution in [3.05, 3.63) is 0 Å². The maximum atomic E-state index is 6.27. The summed E-state index contributed by atoms with van der Waals surface area (Å²) in [6.07, 6.45) is 5.97. The van der Waals surface area contributed by atoms with E-state index in [2.05, 4.69) is 27.7 Å². The van der Waals surface area contributed by atoms with Crippen molar-refractivity contribution in [1.82, 2.24) is 0 Å². The van der Waals surface area contributed by atoms with Gasteiger partial charge in [0.1, 0.15) is 24.4 Å². The average Bonchev–Trinajstić information content (AvgIpc) is 2.60. The first-order valence-corrected chi connectivity index (χ1v) is 10.2. The van der Waals surface area contributed by atoms with Gasteiger partial charge in [0.2, 0.25) is 0 Å². The van der Waals surface area contributed by atoms with Crippen LogP contribution in [0.25, 0.3) is 0 Å². The molecule has 5 nitrogen and oxygen atoms in total. The molecule has 0 aromatic rings. The fourth-order valence-electron chi connectivity index (χ4n) is 3.11. The molecule has 0 aliphatic carbocycles. The standard InChI is InChI=1S/C20H40O5/c1-6-9-12-22-18-16(4)25-17(15-21-5)19(23-13-10-7-2)20(18)24-14-11-8-3/h16-20H,6-15H2,1-5H3. The molecule has 1 aliphatic heterocycles. The molecule has 0 aromatic carbocycles. The third-order valence-electron chi connectivity index (χ3n) is 4.62. The van der Waals surface area contributed by atoms with Gasteiger partial charge in [-0.1, -0.05) is 40.0 Å². The fraction of sp³-hybridized carbons (Fsp3) is 1.00. The van der Waals surface area contributed by atoms with E-state index in [9.17, 15) is 0 Å². The zero-order chi connectivity index (χ0) is 18.5. The maximum Gasteiger partial charge on any atom is 0.115 e. The Morgan fingerprint density at radius 3 is 1.68 bits per heavy atom. The van der Waals surface area contributed by atoms with Gasteiger partial charge in [-0.2, -0.15) is 0 Å². The highest BCUT2D eigenvalue weighted by atomic mass is 16.6. The molecule has 0 spiro atoms. The lowest BCUT2D eigenvalue weighted by Crippen LogP contribution is -2.60. The van der Waals surface area contributed by atoms with Crippen molar-refractivity contribution in [2.24, 2.45) is 0 Å². The van der Waals surface area contributed by atoms with Gasteiger partial charge in [-0.15, -0.1) is 0 Å². The number of hydrogen-bond acceptors (Lipinski definition) is 5. The highest BCUT2D eigenvalue weighted by Gasteiger charge is 2.46. The zero-order valence-electron chi connectivity index (χ0n) is 17.0. The first-order valence-electron chi connectivity index (χ1n) is 10.2. The maximum absolute atomic E-state index is 6.27. The van der Waals surface area contributed by atoms with E-state index >= 15 is 0 Å². The van der Waals surface area contributed by atoms with Crippen molar-refractivity contribution in [2.75, 3.05) is 33.5 Å². The van der Waals surface area contributed by atoms with Crippen molar-refractivity contribution < 1.29 is 23.7 Å². The van der Waals surface area contributed by atoms with Crippen LogP contribution in [0.15, 0.2) is 0 Å². The van der Waals surface area contributed by atoms with Gasteiger partial charge >= 0.3 is 0 Å². The van der Waals surface area contributed by atoms with Crippen LogP contribution in [0.4, 0.5) is 0 Å². The van der Waals surface area contributed by atoms with E-state index in [1.165, 1.54) is 0 Å². The van der Waals surface area contributed by atoms with E-state index in [4.69, 9.17) is 23.7 Å². The Kier molecular flexibility index (Phi) is 12.7. The number of ether oxygens (including phenoxy) is 5. The predicted molar refractivity (Wildman–Crippen MR) is 100 cm³/mol. The van der Waals surface area contributed by atoms with Crippen LogP contribution < -0.4 is 0 Å². The SMILES string of the molecule is CCCCOC1C(C)OC(COC)C(OCCCC)C1OCCCC. The second-order valence-corrected chi connectivity index (χ2v) is 6.90. The Morgan fingerprint density at radius 2 is 1.20 bits per heavy atom. The molecule has 0 aromatic heterocycles. The van der Waals surface area contributed by atoms with Crippen LogP contribution >= 0.6 is 0 Å². The number of unbranched alkanes of at least 4 members (excludes halogenated alkanes) is 3. The molecule has 1 rings (SSSR count). The van der Waals surface area contributed by atoms with Crippen molar-refractivity contribution in [3.63, 3.8) is 0 Å². The molecule has 0 radical (unpaired) electrons. The first kappa shape index (κ1) is 22.8. The van der Waals surface area contributed by atoms with Crippen LogP contribution in [0.3, 0.4) is 0 Å². The summed E-state index contributed by atoms with van der Waals surface area (Å²) < 4.78 is 30.2. The second-order valence-electron chi connectivity index (χ2n) is 6.90. The molecule has 0 amide bonds. The molecule has 5 heteroatoms. The normalized spacial score (nSPS) is 29.9. The minimum Gasteiger partial charge on any atom is -0.382 e. The Bertz CT molecular complexity index is 312. The van der Waals surface area contributed by atoms with E-state index < -0.39 is 0 Å². The van der Waals surface area contributed by atoms with Crippen LogP contribution in [0, 0.1) is 0 Å². The lowest BCUT2D eigenvalue weighted by molar-refractivity contribution is -0.261. The van der Waals surface area contributed by atoms with E-state index in [1.54, 1.807) is 7.11 Å². The number of rotatable bonds is 14. The highest BCUT2D eigenvalue weighted by molar-refractivity contribution is 4.94. The third-order valence-corrected chi connectivity index (χ3v) is 4.62. The summed E-state index contributed by atoms with van der Waals surface area (Å²) in [4.78, 5) is 0. The lowest BCUT2D eigenvalue weighted by Gasteiger charge is -2.45. The quantitative estimate of drug-likeness (QED) is 0.439. The minimum absolute atomic E-state index is 0.0327. The van der Waals surface area contributed by atoms with Crippen LogP contribution in [-0.4, -0.2) is 64.1 Å². The van der Waals surface area contributed by atoms with Crippen molar-refractivity contribution in [3.8, 4) is 0 Å². The third kappa shape index (κ3) is 7.92. The Hall–Kier alpha value is -0.200. The first-order chi connectivity index (χ1) is 12.2. The van der Waals surface area contributed by atoms with Gasteiger partial charge in [-0.3, -0.25) is 0 Å². The minimum atomic E-state index is -0.147. The molecule has 1 aliphatic rings. The number of hydrogen-bond donors (Lipinski definition) is 0. The molecule has 150 valence electrons.